The van der Waals surface area contributed by atoms with E-state index in [-0.39, 0.29) is 6.54 Å². The predicted octanol–water partition coefficient (Wildman–Crippen LogP) is 1.64. The zero-order valence-corrected chi connectivity index (χ0v) is 11.1. The molecule has 0 aromatic heterocycles. The normalized spacial score (nSPS) is 12.2. The van der Waals surface area contributed by atoms with Crippen molar-refractivity contribution >= 4 is 39.1 Å². The van der Waals surface area contributed by atoms with E-state index in [1.165, 1.54) is 0 Å². The van der Waals surface area contributed by atoms with Gasteiger partial charge in [-0.3, -0.25) is 4.79 Å². The Morgan fingerprint density at radius 3 is 2.81 bits per heavy atom. The largest absolute Gasteiger partial charge is 0.382 e. The van der Waals surface area contributed by atoms with Crippen LogP contribution in [0.2, 0.25) is 5.02 Å². The van der Waals surface area contributed by atoms with Crippen molar-refractivity contribution in [3.63, 3.8) is 0 Å². The second kappa shape index (κ2) is 5.52. The molecule has 1 atom stereocenters. The number of benzene rings is 1. The molecule has 0 saturated heterocycles. The molecule has 1 aromatic rings. The SMILES string of the molecule is Cc1cc(Br)c(NCC(N)C(N)=O)cc1Cl. The van der Waals surface area contributed by atoms with Crippen molar-refractivity contribution in [3.8, 4) is 0 Å². The van der Waals surface area contributed by atoms with Crippen molar-refractivity contribution in [1.82, 2.24) is 0 Å². The molecule has 0 fully saturated rings. The second-order valence-corrected chi connectivity index (χ2v) is 4.73. The summed E-state index contributed by atoms with van der Waals surface area (Å²) in [5, 5.41) is 3.66. The maximum atomic E-state index is 10.7. The minimum Gasteiger partial charge on any atom is -0.382 e. The van der Waals surface area contributed by atoms with Crippen LogP contribution in [0.15, 0.2) is 16.6 Å². The first-order chi connectivity index (χ1) is 7.41. The van der Waals surface area contributed by atoms with Gasteiger partial charge in [-0.2, -0.15) is 0 Å². The average molecular weight is 307 g/mol. The van der Waals surface area contributed by atoms with Gasteiger partial charge in [0.05, 0.1) is 0 Å². The molecule has 0 heterocycles. The molecule has 0 aliphatic rings. The minimum atomic E-state index is -0.716. The van der Waals surface area contributed by atoms with Gasteiger partial charge in [-0.25, -0.2) is 0 Å². The minimum absolute atomic E-state index is 0.271. The van der Waals surface area contributed by atoms with E-state index in [1.54, 1.807) is 6.07 Å². The lowest BCUT2D eigenvalue weighted by Gasteiger charge is -2.13. The van der Waals surface area contributed by atoms with Crippen molar-refractivity contribution in [1.29, 1.82) is 0 Å². The molecule has 1 unspecified atom stereocenters. The number of halogens is 2. The molecular formula is C10H13BrClN3O. The van der Waals surface area contributed by atoms with Gasteiger partial charge in [0, 0.05) is 21.7 Å². The number of rotatable bonds is 4. The van der Waals surface area contributed by atoms with Crippen LogP contribution in [0.25, 0.3) is 0 Å². The van der Waals surface area contributed by atoms with E-state index >= 15 is 0 Å². The molecule has 4 nitrogen and oxygen atoms in total. The number of aryl methyl sites for hydroxylation is 1. The van der Waals surface area contributed by atoms with Crippen molar-refractivity contribution in [2.24, 2.45) is 11.5 Å². The Morgan fingerprint density at radius 1 is 1.62 bits per heavy atom. The highest BCUT2D eigenvalue weighted by molar-refractivity contribution is 9.10. The lowest BCUT2D eigenvalue weighted by Crippen LogP contribution is -2.41. The number of primary amides is 1. The number of nitrogens with two attached hydrogens (primary N) is 2. The maximum absolute atomic E-state index is 10.7. The summed E-state index contributed by atoms with van der Waals surface area (Å²) in [4.78, 5) is 10.7. The zero-order valence-electron chi connectivity index (χ0n) is 8.76. The Kier molecular flexibility index (Phi) is 4.58. The number of carbonyl (C=O) groups is 1. The number of anilines is 1. The lowest BCUT2D eigenvalue weighted by atomic mass is 10.2. The van der Waals surface area contributed by atoms with Gasteiger partial charge in [0.25, 0.3) is 0 Å². The van der Waals surface area contributed by atoms with E-state index in [1.807, 2.05) is 13.0 Å². The van der Waals surface area contributed by atoms with Gasteiger partial charge in [-0.1, -0.05) is 11.6 Å². The van der Waals surface area contributed by atoms with Crippen molar-refractivity contribution < 1.29 is 4.79 Å². The molecule has 0 saturated carbocycles. The van der Waals surface area contributed by atoms with Gasteiger partial charge in [-0.15, -0.1) is 0 Å². The average Bonchev–Trinajstić information content (AvgIpc) is 2.20. The summed E-state index contributed by atoms with van der Waals surface area (Å²) in [5.41, 5.74) is 12.3. The van der Waals surface area contributed by atoms with Crippen molar-refractivity contribution in [2.75, 3.05) is 11.9 Å². The fourth-order valence-corrected chi connectivity index (χ4v) is 1.86. The standard InChI is InChI=1S/C10H13BrClN3O/c1-5-2-6(11)9(3-7(5)12)15-4-8(13)10(14)16/h2-3,8,15H,4,13H2,1H3,(H2,14,16). The predicted molar refractivity (Wildman–Crippen MR) is 69.5 cm³/mol. The third kappa shape index (κ3) is 3.37. The first kappa shape index (κ1) is 13.3. The van der Waals surface area contributed by atoms with Crippen LogP contribution in [-0.2, 0) is 4.79 Å². The molecule has 1 aromatic carbocycles. The van der Waals surface area contributed by atoms with E-state index in [9.17, 15) is 4.79 Å². The molecule has 0 spiro atoms. The Hall–Kier alpha value is -0.780. The van der Waals surface area contributed by atoms with E-state index in [2.05, 4.69) is 21.2 Å². The molecule has 0 bridgehead atoms. The molecule has 16 heavy (non-hydrogen) atoms. The number of amides is 1. The summed E-state index contributed by atoms with van der Waals surface area (Å²) in [5.74, 6) is -0.540. The summed E-state index contributed by atoms with van der Waals surface area (Å²) in [7, 11) is 0. The van der Waals surface area contributed by atoms with Gasteiger partial charge in [0.15, 0.2) is 0 Å². The number of hydrogen-bond donors (Lipinski definition) is 3. The molecule has 0 radical (unpaired) electrons. The van der Waals surface area contributed by atoms with Gasteiger partial charge in [0.2, 0.25) is 5.91 Å². The van der Waals surface area contributed by atoms with E-state index < -0.39 is 11.9 Å². The van der Waals surface area contributed by atoms with Crippen LogP contribution in [0.5, 0.6) is 0 Å². The van der Waals surface area contributed by atoms with Gasteiger partial charge < -0.3 is 16.8 Å². The Bertz CT molecular complexity index is 411. The molecule has 0 aliphatic carbocycles. The van der Waals surface area contributed by atoms with Crippen LogP contribution in [-0.4, -0.2) is 18.5 Å². The van der Waals surface area contributed by atoms with Gasteiger partial charge >= 0.3 is 0 Å². The van der Waals surface area contributed by atoms with Gasteiger partial charge in [-0.05, 0) is 40.5 Å². The number of nitrogens with one attached hydrogen (secondary N) is 1. The highest BCUT2D eigenvalue weighted by atomic mass is 79.9. The fourth-order valence-electron chi connectivity index (χ4n) is 1.10. The van der Waals surface area contributed by atoms with Crippen LogP contribution >= 0.6 is 27.5 Å². The van der Waals surface area contributed by atoms with Crippen molar-refractivity contribution in [3.05, 3.63) is 27.2 Å². The molecule has 5 N–H and O–H groups in total. The highest BCUT2D eigenvalue weighted by Crippen LogP contribution is 2.28. The summed E-state index contributed by atoms with van der Waals surface area (Å²) in [6, 6.07) is 2.95. The lowest BCUT2D eigenvalue weighted by molar-refractivity contribution is -0.118. The maximum Gasteiger partial charge on any atom is 0.236 e. The Morgan fingerprint density at radius 2 is 2.25 bits per heavy atom. The van der Waals surface area contributed by atoms with Crippen LogP contribution in [0.1, 0.15) is 5.56 Å². The van der Waals surface area contributed by atoms with Crippen LogP contribution in [0.3, 0.4) is 0 Å². The first-order valence-corrected chi connectivity index (χ1v) is 5.83. The molecule has 88 valence electrons. The molecule has 0 aliphatic heterocycles. The van der Waals surface area contributed by atoms with Crippen LogP contribution in [0, 0.1) is 6.92 Å². The Labute approximate surface area is 107 Å². The monoisotopic (exact) mass is 305 g/mol. The topological polar surface area (TPSA) is 81.1 Å². The van der Waals surface area contributed by atoms with Gasteiger partial charge in [0.1, 0.15) is 6.04 Å². The molecule has 1 amide bonds. The summed E-state index contributed by atoms with van der Waals surface area (Å²) >= 11 is 9.37. The van der Waals surface area contributed by atoms with E-state index in [0.717, 1.165) is 15.7 Å². The number of carbonyl (C=O) groups excluding carboxylic acids is 1. The zero-order chi connectivity index (χ0) is 12.3. The van der Waals surface area contributed by atoms with Crippen LogP contribution in [0.4, 0.5) is 5.69 Å². The highest BCUT2D eigenvalue weighted by Gasteiger charge is 2.10. The fraction of sp³-hybridized carbons (Fsp3) is 0.300. The van der Waals surface area contributed by atoms with E-state index in [0.29, 0.717) is 5.02 Å². The smallest absolute Gasteiger partial charge is 0.236 e. The molecule has 6 heteroatoms. The van der Waals surface area contributed by atoms with Crippen molar-refractivity contribution in [2.45, 2.75) is 13.0 Å². The molecular weight excluding hydrogens is 293 g/mol. The quantitative estimate of drug-likeness (QED) is 0.791. The summed E-state index contributed by atoms with van der Waals surface area (Å²) in [6.07, 6.45) is 0. The first-order valence-electron chi connectivity index (χ1n) is 4.66. The Balaban J connectivity index is 2.74. The number of hydrogen-bond acceptors (Lipinski definition) is 3. The summed E-state index contributed by atoms with van der Waals surface area (Å²) < 4.78 is 0.867. The third-order valence-corrected chi connectivity index (χ3v) is 3.19. The van der Waals surface area contributed by atoms with Crippen LogP contribution < -0.4 is 16.8 Å². The second-order valence-electron chi connectivity index (χ2n) is 3.47. The summed E-state index contributed by atoms with van der Waals surface area (Å²) in [6.45, 7) is 2.18. The molecule has 1 rings (SSSR count). The third-order valence-electron chi connectivity index (χ3n) is 2.13. The van der Waals surface area contributed by atoms with E-state index in [4.69, 9.17) is 23.1 Å².